The Kier molecular flexibility index (Phi) is 7.65. The Morgan fingerprint density at radius 3 is 2.45 bits per heavy atom. The van der Waals surface area contributed by atoms with Crippen LogP contribution in [0.1, 0.15) is 47.8 Å². The van der Waals surface area contributed by atoms with Crippen LogP contribution in [0.2, 0.25) is 0 Å². The fourth-order valence-electron chi connectivity index (χ4n) is 2.82. The van der Waals surface area contributed by atoms with Crippen LogP contribution in [-0.2, 0) is 13.1 Å². The maximum absolute atomic E-state index is 12.4. The summed E-state index contributed by atoms with van der Waals surface area (Å²) in [6.45, 7) is 9.09. The van der Waals surface area contributed by atoms with Gasteiger partial charge in [-0.3, -0.25) is 9.79 Å². The Hall–Kier alpha value is -3.02. The topological polar surface area (TPSA) is 74.8 Å². The van der Waals surface area contributed by atoms with Gasteiger partial charge in [0.2, 0.25) is 0 Å². The van der Waals surface area contributed by atoms with Crippen LogP contribution < -0.4 is 20.7 Å². The minimum Gasteiger partial charge on any atom is -0.496 e. The van der Waals surface area contributed by atoms with Crippen molar-refractivity contribution in [1.82, 2.24) is 16.0 Å². The van der Waals surface area contributed by atoms with Crippen LogP contribution >= 0.6 is 0 Å². The van der Waals surface area contributed by atoms with E-state index in [4.69, 9.17) is 4.74 Å². The first-order valence-corrected chi connectivity index (χ1v) is 9.71. The van der Waals surface area contributed by atoms with Crippen LogP contribution in [-0.4, -0.2) is 31.6 Å². The largest absolute Gasteiger partial charge is 0.496 e. The Balaban J connectivity index is 1.96. The van der Waals surface area contributed by atoms with E-state index in [1.807, 2.05) is 64.1 Å². The molecule has 0 heterocycles. The monoisotopic (exact) mass is 396 g/mol. The zero-order chi connectivity index (χ0) is 21.4. The maximum atomic E-state index is 12.4. The van der Waals surface area contributed by atoms with Crippen molar-refractivity contribution in [3.05, 3.63) is 64.7 Å². The SMILES string of the molecule is CN=C(NCc1cccc(C(=O)NC(C)(C)C)c1)NCc1ccc(C)cc1OC. The molecule has 0 unspecified atom stereocenters. The molecule has 6 nitrogen and oxygen atoms in total. The molecule has 0 aliphatic carbocycles. The molecule has 0 atom stereocenters. The van der Waals surface area contributed by atoms with Gasteiger partial charge in [-0.05, 0) is 57.0 Å². The molecule has 2 rings (SSSR count). The number of aliphatic imine (C=N–C) groups is 1. The lowest BCUT2D eigenvalue weighted by Gasteiger charge is -2.20. The second-order valence-corrected chi connectivity index (χ2v) is 8.00. The summed E-state index contributed by atoms with van der Waals surface area (Å²) in [5.74, 6) is 1.45. The van der Waals surface area contributed by atoms with Gasteiger partial charge in [0.25, 0.3) is 5.91 Å². The van der Waals surface area contributed by atoms with E-state index >= 15 is 0 Å². The molecule has 2 aromatic rings. The molecule has 2 aromatic carbocycles. The molecule has 29 heavy (non-hydrogen) atoms. The summed E-state index contributed by atoms with van der Waals surface area (Å²) < 4.78 is 5.45. The van der Waals surface area contributed by atoms with Gasteiger partial charge in [-0.1, -0.05) is 24.3 Å². The average molecular weight is 397 g/mol. The van der Waals surface area contributed by atoms with Crippen molar-refractivity contribution in [2.24, 2.45) is 4.99 Å². The summed E-state index contributed by atoms with van der Waals surface area (Å²) in [5.41, 5.74) is 3.59. The van der Waals surface area contributed by atoms with Crippen LogP contribution in [0.3, 0.4) is 0 Å². The first kappa shape index (κ1) is 22.3. The molecule has 0 saturated heterocycles. The van der Waals surface area contributed by atoms with Gasteiger partial charge in [0.1, 0.15) is 5.75 Å². The van der Waals surface area contributed by atoms with Crippen LogP contribution in [0.25, 0.3) is 0 Å². The summed E-state index contributed by atoms with van der Waals surface area (Å²) in [7, 11) is 3.41. The number of hydrogen-bond donors (Lipinski definition) is 3. The number of rotatable bonds is 6. The molecule has 1 amide bonds. The zero-order valence-corrected chi connectivity index (χ0v) is 18.2. The van der Waals surface area contributed by atoms with Crippen molar-refractivity contribution in [2.45, 2.75) is 46.3 Å². The number of nitrogens with one attached hydrogen (secondary N) is 3. The molecule has 0 radical (unpaired) electrons. The highest BCUT2D eigenvalue weighted by molar-refractivity contribution is 5.94. The van der Waals surface area contributed by atoms with E-state index < -0.39 is 0 Å². The molecule has 0 aliphatic rings. The number of amides is 1. The Morgan fingerprint density at radius 1 is 1.07 bits per heavy atom. The average Bonchev–Trinajstić information content (AvgIpc) is 2.67. The van der Waals surface area contributed by atoms with Crippen molar-refractivity contribution >= 4 is 11.9 Å². The molecule has 0 aliphatic heterocycles. The lowest BCUT2D eigenvalue weighted by Crippen LogP contribution is -2.40. The molecule has 0 spiro atoms. The third-order valence-electron chi connectivity index (χ3n) is 4.25. The third kappa shape index (κ3) is 7.14. The molecule has 0 bridgehead atoms. The van der Waals surface area contributed by atoms with Crippen LogP contribution in [0.15, 0.2) is 47.5 Å². The number of guanidine groups is 1. The summed E-state index contributed by atoms with van der Waals surface area (Å²) in [5, 5.41) is 9.57. The Morgan fingerprint density at radius 2 is 1.79 bits per heavy atom. The van der Waals surface area contributed by atoms with Gasteiger partial charge >= 0.3 is 0 Å². The number of methoxy groups -OCH3 is 1. The molecule has 6 heteroatoms. The summed E-state index contributed by atoms with van der Waals surface area (Å²) in [6.07, 6.45) is 0. The van der Waals surface area contributed by atoms with Crippen molar-refractivity contribution in [3.63, 3.8) is 0 Å². The van der Waals surface area contributed by atoms with Gasteiger partial charge in [-0.25, -0.2) is 0 Å². The minimum atomic E-state index is -0.270. The number of hydrogen-bond acceptors (Lipinski definition) is 3. The van der Waals surface area contributed by atoms with Gasteiger partial charge in [0, 0.05) is 36.8 Å². The first-order valence-electron chi connectivity index (χ1n) is 9.71. The van der Waals surface area contributed by atoms with Gasteiger partial charge in [0.15, 0.2) is 5.96 Å². The van der Waals surface area contributed by atoms with Gasteiger partial charge in [0.05, 0.1) is 7.11 Å². The van der Waals surface area contributed by atoms with Crippen LogP contribution in [0.5, 0.6) is 5.75 Å². The lowest BCUT2D eigenvalue weighted by molar-refractivity contribution is 0.0919. The van der Waals surface area contributed by atoms with E-state index in [-0.39, 0.29) is 11.4 Å². The molecular formula is C23H32N4O2. The summed E-state index contributed by atoms with van der Waals surface area (Å²) in [4.78, 5) is 16.6. The molecule has 0 saturated carbocycles. The molecule has 0 aromatic heterocycles. The Bertz CT molecular complexity index is 869. The predicted octanol–water partition coefficient (Wildman–Crippen LogP) is 3.40. The number of carbonyl (C=O) groups is 1. The zero-order valence-electron chi connectivity index (χ0n) is 18.2. The second-order valence-electron chi connectivity index (χ2n) is 8.00. The Labute approximate surface area is 173 Å². The van der Waals surface area contributed by atoms with Gasteiger partial charge in [-0.2, -0.15) is 0 Å². The van der Waals surface area contributed by atoms with Crippen LogP contribution in [0.4, 0.5) is 0 Å². The van der Waals surface area contributed by atoms with Crippen LogP contribution in [0, 0.1) is 6.92 Å². The van der Waals surface area contributed by atoms with Gasteiger partial charge < -0.3 is 20.7 Å². The molecule has 156 valence electrons. The highest BCUT2D eigenvalue weighted by Crippen LogP contribution is 2.19. The van der Waals surface area contributed by atoms with E-state index in [1.165, 1.54) is 0 Å². The van der Waals surface area contributed by atoms with Crippen molar-refractivity contribution < 1.29 is 9.53 Å². The number of carbonyl (C=O) groups excluding carboxylic acids is 1. The highest BCUT2D eigenvalue weighted by Gasteiger charge is 2.15. The fraction of sp³-hybridized carbons (Fsp3) is 0.391. The number of benzene rings is 2. The van der Waals surface area contributed by atoms with Gasteiger partial charge in [-0.15, -0.1) is 0 Å². The highest BCUT2D eigenvalue weighted by atomic mass is 16.5. The molecule has 0 fully saturated rings. The predicted molar refractivity (Wildman–Crippen MR) is 118 cm³/mol. The van der Waals surface area contributed by atoms with E-state index in [0.29, 0.717) is 24.6 Å². The van der Waals surface area contributed by atoms with E-state index in [2.05, 4.69) is 27.0 Å². The van der Waals surface area contributed by atoms with E-state index in [0.717, 1.165) is 22.4 Å². The normalized spacial score (nSPS) is 11.7. The first-order chi connectivity index (χ1) is 13.7. The third-order valence-corrected chi connectivity index (χ3v) is 4.25. The smallest absolute Gasteiger partial charge is 0.251 e. The standard InChI is InChI=1S/C23H32N4O2/c1-16-10-11-19(20(12-16)29-6)15-26-22(24-5)25-14-17-8-7-9-18(13-17)21(28)27-23(2,3)4/h7-13H,14-15H2,1-6H3,(H,27,28)(H2,24,25,26). The number of nitrogens with zero attached hydrogens (tertiary/aromatic N) is 1. The van der Waals surface area contributed by atoms with E-state index in [9.17, 15) is 4.79 Å². The molecule has 3 N–H and O–H groups in total. The van der Waals surface area contributed by atoms with Crippen molar-refractivity contribution in [1.29, 1.82) is 0 Å². The number of aryl methyl sites for hydroxylation is 1. The molecular weight excluding hydrogens is 364 g/mol. The lowest BCUT2D eigenvalue weighted by atomic mass is 10.1. The fourth-order valence-corrected chi connectivity index (χ4v) is 2.82. The summed E-state index contributed by atoms with van der Waals surface area (Å²) in [6, 6.07) is 13.7. The van der Waals surface area contributed by atoms with Crippen molar-refractivity contribution in [2.75, 3.05) is 14.2 Å². The maximum Gasteiger partial charge on any atom is 0.251 e. The second kappa shape index (κ2) is 9.96. The van der Waals surface area contributed by atoms with E-state index in [1.54, 1.807) is 14.2 Å². The van der Waals surface area contributed by atoms with Crippen molar-refractivity contribution in [3.8, 4) is 5.75 Å². The number of ether oxygens (including phenoxy) is 1. The summed E-state index contributed by atoms with van der Waals surface area (Å²) >= 11 is 0. The quantitative estimate of drug-likeness (QED) is 0.517. The minimum absolute atomic E-state index is 0.0756.